The van der Waals surface area contributed by atoms with Gasteiger partial charge in [-0.05, 0) is 6.92 Å². The standard InChI is InChI=1S/C25H22N2O3/c1-3-22(24(28)29-2)27-23(19-13-7-4-8-14-19)26-30-25(27,20-15-9-5-10-16-20)21-17-11-6-12-18-21/h3-18H,1-2H3/b22-3+. The van der Waals surface area contributed by atoms with Gasteiger partial charge >= 0.3 is 5.97 Å². The van der Waals surface area contributed by atoms with Gasteiger partial charge in [-0.25, -0.2) is 4.79 Å². The number of esters is 1. The maximum atomic E-state index is 12.8. The molecule has 0 bridgehead atoms. The summed E-state index contributed by atoms with van der Waals surface area (Å²) in [5.41, 5.74) is 1.69. The van der Waals surface area contributed by atoms with E-state index in [-0.39, 0.29) is 0 Å². The molecule has 0 radical (unpaired) electrons. The molecule has 0 amide bonds. The number of hydrogen-bond acceptors (Lipinski definition) is 5. The highest BCUT2D eigenvalue weighted by Crippen LogP contribution is 2.44. The van der Waals surface area contributed by atoms with E-state index < -0.39 is 11.7 Å². The number of hydrogen-bond donors (Lipinski definition) is 0. The SMILES string of the molecule is C/C=C(\C(=O)OC)N1C(c2ccccc2)=NOC1(c1ccccc1)c1ccccc1. The molecule has 4 rings (SSSR count). The van der Waals surface area contributed by atoms with E-state index in [2.05, 4.69) is 5.16 Å². The molecular formula is C25H22N2O3. The molecule has 0 N–H and O–H groups in total. The van der Waals surface area contributed by atoms with Crippen LogP contribution in [-0.4, -0.2) is 23.8 Å². The molecular weight excluding hydrogens is 376 g/mol. The van der Waals surface area contributed by atoms with Gasteiger partial charge in [0.2, 0.25) is 0 Å². The van der Waals surface area contributed by atoms with Crippen LogP contribution in [0.4, 0.5) is 0 Å². The molecule has 3 aromatic carbocycles. The fraction of sp³-hybridized carbons (Fsp3) is 0.120. The first kappa shape index (κ1) is 19.5. The van der Waals surface area contributed by atoms with E-state index in [4.69, 9.17) is 9.57 Å². The maximum absolute atomic E-state index is 12.8. The second-order valence-corrected chi connectivity index (χ2v) is 6.75. The molecule has 1 heterocycles. The van der Waals surface area contributed by atoms with Crippen molar-refractivity contribution >= 4 is 11.8 Å². The molecule has 30 heavy (non-hydrogen) atoms. The summed E-state index contributed by atoms with van der Waals surface area (Å²) in [5, 5.41) is 4.47. The maximum Gasteiger partial charge on any atom is 0.354 e. The number of oxime groups is 1. The summed E-state index contributed by atoms with van der Waals surface area (Å²) in [6.45, 7) is 1.80. The van der Waals surface area contributed by atoms with E-state index in [0.29, 0.717) is 11.5 Å². The summed E-state index contributed by atoms with van der Waals surface area (Å²) < 4.78 is 5.11. The highest BCUT2D eigenvalue weighted by atomic mass is 16.7. The zero-order chi connectivity index (χ0) is 21.0. The normalized spacial score (nSPS) is 15.3. The summed E-state index contributed by atoms with van der Waals surface area (Å²) in [6, 6.07) is 29.2. The van der Waals surface area contributed by atoms with Gasteiger partial charge in [-0.2, -0.15) is 0 Å². The van der Waals surface area contributed by atoms with E-state index in [0.717, 1.165) is 16.7 Å². The Labute approximate surface area is 175 Å². The zero-order valence-electron chi connectivity index (χ0n) is 16.9. The van der Waals surface area contributed by atoms with E-state index in [1.54, 1.807) is 13.0 Å². The number of methoxy groups -OCH3 is 1. The van der Waals surface area contributed by atoms with Crippen molar-refractivity contribution in [2.75, 3.05) is 7.11 Å². The van der Waals surface area contributed by atoms with Crippen LogP contribution in [0.3, 0.4) is 0 Å². The summed E-state index contributed by atoms with van der Waals surface area (Å²) in [6.07, 6.45) is 1.72. The van der Waals surface area contributed by atoms with Crippen molar-refractivity contribution < 1.29 is 14.4 Å². The van der Waals surface area contributed by atoms with Crippen LogP contribution in [0.2, 0.25) is 0 Å². The van der Waals surface area contributed by atoms with Crippen molar-refractivity contribution in [1.29, 1.82) is 0 Å². The molecule has 0 saturated heterocycles. The van der Waals surface area contributed by atoms with Crippen LogP contribution >= 0.6 is 0 Å². The Morgan fingerprint density at radius 3 is 1.87 bits per heavy atom. The van der Waals surface area contributed by atoms with E-state index >= 15 is 0 Å². The van der Waals surface area contributed by atoms with Crippen LogP contribution in [0.1, 0.15) is 23.6 Å². The Bertz CT molecular complexity index is 1040. The van der Waals surface area contributed by atoms with Gasteiger partial charge in [0.15, 0.2) is 5.84 Å². The number of rotatable bonds is 5. The van der Waals surface area contributed by atoms with Gasteiger partial charge in [0.1, 0.15) is 5.70 Å². The molecule has 0 aromatic heterocycles. The number of ether oxygens (including phenoxy) is 1. The van der Waals surface area contributed by atoms with Gasteiger partial charge in [-0.3, -0.25) is 4.90 Å². The number of amidine groups is 1. The first-order valence-corrected chi connectivity index (χ1v) is 9.70. The van der Waals surface area contributed by atoms with Crippen LogP contribution in [-0.2, 0) is 20.1 Å². The van der Waals surface area contributed by atoms with Crippen molar-refractivity contribution in [1.82, 2.24) is 4.90 Å². The summed E-state index contributed by atoms with van der Waals surface area (Å²) in [5.74, 6) is 0.0599. The minimum absolute atomic E-state index is 0.338. The van der Waals surface area contributed by atoms with E-state index in [9.17, 15) is 4.79 Å². The Hall–Kier alpha value is -3.86. The molecule has 0 spiro atoms. The first-order chi connectivity index (χ1) is 14.7. The Morgan fingerprint density at radius 1 is 0.900 bits per heavy atom. The highest BCUT2D eigenvalue weighted by molar-refractivity contribution is 6.05. The molecule has 150 valence electrons. The zero-order valence-corrected chi connectivity index (χ0v) is 16.9. The minimum Gasteiger partial charge on any atom is -0.464 e. The van der Waals surface area contributed by atoms with Gasteiger partial charge in [-0.1, -0.05) is 102 Å². The van der Waals surface area contributed by atoms with Crippen molar-refractivity contribution in [2.24, 2.45) is 5.16 Å². The number of benzene rings is 3. The molecule has 0 saturated carbocycles. The minimum atomic E-state index is -1.16. The first-order valence-electron chi connectivity index (χ1n) is 9.70. The average Bonchev–Trinajstić information content (AvgIpc) is 3.22. The Kier molecular flexibility index (Phi) is 5.35. The highest BCUT2D eigenvalue weighted by Gasteiger charge is 2.52. The van der Waals surface area contributed by atoms with E-state index in [1.165, 1.54) is 7.11 Å². The third kappa shape index (κ3) is 3.14. The van der Waals surface area contributed by atoms with Crippen LogP contribution in [0.15, 0.2) is 108 Å². The van der Waals surface area contributed by atoms with Gasteiger partial charge < -0.3 is 9.57 Å². The lowest BCUT2D eigenvalue weighted by Gasteiger charge is -2.38. The molecule has 1 aliphatic heterocycles. The molecule has 0 atom stereocenters. The Balaban J connectivity index is 2.00. The number of carbonyl (C=O) groups is 1. The van der Waals surface area contributed by atoms with Crippen LogP contribution in [0, 0.1) is 0 Å². The van der Waals surface area contributed by atoms with E-state index in [1.807, 2.05) is 95.9 Å². The molecule has 0 unspecified atom stereocenters. The summed E-state index contributed by atoms with van der Waals surface area (Å²) >= 11 is 0. The summed E-state index contributed by atoms with van der Waals surface area (Å²) in [7, 11) is 1.37. The quantitative estimate of drug-likeness (QED) is 0.463. The third-order valence-corrected chi connectivity index (χ3v) is 5.06. The van der Waals surface area contributed by atoms with Crippen molar-refractivity contribution in [2.45, 2.75) is 12.6 Å². The monoisotopic (exact) mass is 398 g/mol. The molecule has 3 aromatic rings. The van der Waals surface area contributed by atoms with Gasteiger partial charge in [-0.15, -0.1) is 0 Å². The average molecular weight is 398 g/mol. The van der Waals surface area contributed by atoms with Crippen molar-refractivity contribution in [3.05, 3.63) is 119 Å². The summed E-state index contributed by atoms with van der Waals surface area (Å²) in [4.78, 5) is 20.9. The lowest BCUT2D eigenvalue weighted by atomic mass is 9.91. The van der Waals surface area contributed by atoms with Gasteiger partial charge in [0.25, 0.3) is 5.72 Å². The van der Waals surface area contributed by atoms with Crippen molar-refractivity contribution in [3.63, 3.8) is 0 Å². The fourth-order valence-corrected chi connectivity index (χ4v) is 3.69. The predicted molar refractivity (Wildman–Crippen MR) is 115 cm³/mol. The lowest BCUT2D eigenvalue weighted by Crippen LogP contribution is -2.48. The van der Waals surface area contributed by atoms with Crippen LogP contribution < -0.4 is 0 Å². The van der Waals surface area contributed by atoms with Crippen LogP contribution in [0.5, 0.6) is 0 Å². The molecule has 1 aliphatic rings. The van der Waals surface area contributed by atoms with Crippen molar-refractivity contribution in [3.8, 4) is 0 Å². The predicted octanol–water partition coefficient (Wildman–Crippen LogP) is 4.66. The molecule has 5 heteroatoms. The number of nitrogens with zero attached hydrogens (tertiary/aromatic N) is 2. The van der Waals surface area contributed by atoms with Gasteiger partial charge in [0.05, 0.1) is 7.11 Å². The molecule has 0 fully saturated rings. The smallest absolute Gasteiger partial charge is 0.354 e. The lowest BCUT2D eigenvalue weighted by molar-refractivity contribution is -0.140. The second kappa shape index (κ2) is 8.25. The number of allylic oxidation sites excluding steroid dienone is 1. The van der Waals surface area contributed by atoms with Crippen LogP contribution in [0.25, 0.3) is 0 Å². The largest absolute Gasteiger partial charge is 0.464 e. The second-order valence-electron chi connectivity index (χ2n) is 6.75. The number of carbonyl (C=O) groups excluding carboxylic acids is 1. The third-order valence-electron chi connectivity index (χ3n) is 5.06. The fourth-order valence-electron chi connectivity index (χ4n) is 3.69. The molecule has 5 nitrogen and oxygen atoms in total. The Morgan fingerprint density at radius 2 is 1.40 bits per heavy atom. The topological polar surface area (TPSA) is 51.1 Å². The molecule has 0 aliphatic carbocycles. The van der Waals surface area contributed by atoms with Gasteiger partial charge in [0, 0.05) is 16.7 Å².